The summed E-state index contributed by atoms with van der Waals surface area (Å²) in [4.78, 5) is 4.04. The lowest BCUT2D eigenvalue weighted by Gasteiger charge is -2.11. The summed E-state index contributed by atoms with van der Waals surface area (Å²) in [5.74, 6) is -0.0735. The average molecular weight is 229 g/mol. The van der Waals surface area contributed by atoms with Gasteiger partial charge < -0.3 is 4.42 Å². The van der Waals surface area contributed by atoms with Crippen LogP contribution >= 0.6 is 0 Å². The number of halogens is 3. The van der Waals surface area contributed by atoms with Gasteiger partial charge in [0.2, 0.25) is 5.71 Å². The zero-order chi connectivity index (χ0) is 11.9. The summed E-state index contributed by atoms with van der Waals surface area (Å²) in [5, 5.41) is 0.0110. The van der Waals surface area contributed by atoms with Crippen LogP contribution in [-0.2, 0) is 6.18 Å². The van der Waals surface area contributed by atoms with Crippen LogP contribution in [0, 0.1) is 0 Å². The van der Waals surface area contributed by atoms with E-state index >= 15 is 0 Å². The molecule has 0 bridgehead atoms. The molecule has 0 saturated carbocycles. The van der Waals surface area contributed by atoms with Crippen molar-refractivity contribution in [1.29, 1.82) is 0 Å². The van der Waals surface area contributed by atoms with Crippen molar-refractivity contribution in [2.24, 2.45) is 0 Å². The molecule has 0 aromatic carbocycles. The molecule has 0 unspecified atom stereocenters. The highest BCUT2D eigenvalue weighted by Crippen LogP contribution is 2.36. The fourth-order valence-corrected chi connectivity index (χ4v) is 1.50. The van der Waals surface area contributed by atoms with Gasteiger partial charge in [-0.3, -0.25) is 0 Å². The molecule has 0 spiro atoms. The smallest absolute Gasteiger partial charge is 0.417 e. The van der Waals surface area contributed by atoms with Crippen molar-refractivity contribution in [3.05, 3.63) is 29.7 Å². The minimum atomic E-state index is -4.38. The van der Waals surface area contributed by atoms with Crippen LogP contribution in [0.5, 0.6) is 0 Å². The first-order valence-corrected chi connectivity index (χ1v) is 4.85. The lowest BCUT2D eigenvalue weighted by molar-refractivity contribution is -0.136. The Kier molecular flexibility index (Phi) is 2.40. The molecule has 0 fully saturated rings. The molecule has 2 aromatic rings. The molecule has 2 nitrogen and oxygen atoms in total. The van der Waals surface area contributed by atoms with E-state index < -0.39 is 11.7 Å². The van der Waals surface area contributed by atoms with Crippen molar-refractivity contribution in [3.8, 4) is 0 Å². The molecule has 0 aliphatic rings. The van der Waals surface area contributed by atoms with Crippen molar-refractivity contribution in [3.63, 3.8) is 0 Å². The first kappa shape index (κ1) is 11.0. The first-order chi connectivity index (χ1) is 7.39. The van der Waals surface area contributed by atoms with E-state index in [9.17, 15) is 13.2 Å². The highest BCUT2D eigenvalue weighted by Gasteiger charge is 2.34. The molecule has 0 aliphatic carbocycles. The maximum atomic E-state index is 12.8. The Bertz CT molecular complexity index is 513. The molecular formula is C11H10F3NO. The van der Waals surface area contributed by atoms with Gasteiger partial charge in [0, 0.05) is 5.69 Å². The molecule has 0 aliphatic heterocycles. The Morgan fingerprint density at radius 2 is 2.00 bits per heavy atom. The number of rotatable bonds is 1. The summed E-state index contributed by atoms with van der Waals surface area (Å²) >= 11 is 0. The third kappa shape index (κ3) is 1.77. The summed E-state index contributed by atoms with van der Waals surface area (Å²) in [6.07, 6.45) is -3.16. The number of aromatic nitrogens is 1. The molecule has 0 N–H and O–H groups in total. The normalized spacial score (nSPS) is 12.6. The van der Waals surface area contributed by atoms with Crippen LogP contribution in [0.4, 0.5) is 13.2 Å². The van der Waals surface area contributed by atoms with Gasteiger partial charge >= 0.3 is 6.18 Å². The van der Waals surface area contributed by atoms with Crippen molar-refractivity contribution >= 4 is 11.1 Å². The zero-order valence-corrected chi connectivity index (χ0v) is 8.80. The first-order valence-electron chi connectivity index (χ1n) is 4.85. The highest BCUT2D eigenvalue weighted by atomic mass is 19.4. The van der Waals surface area contributed by atoms with Crippen molar-refractivity contribution in [2.45, 2.75) is 25.9 Å². The molecule has 2 rings (SSSR count). The van der Waals surface area contributed by atoms with Crippen molar-refractivity contribution in [1.82, 2.24) is 4.98 Å². The van der Waals surface area contributed by atoms with Crippen molar-refractivity contribution < 1.29 is 17.6 Å². The minimum absolute atomic E-state index is 0.0110. The van der Waals surface area contributed by atoms with Crippen LogP contribution < -0.4 is 0 Å². The van der Waals surface area contributed by atoms with E-state index in [1.54, 1.807) is 13.8 Å². The fraction of sp³-hybridized carbons (Fsp3) is 0.364. The van der Waals surface area contributed by atoms with Gasteiger partial charge in [-0.25, -0.2) is 4.98 Å². The summed E-state index contributed by atoms with van der Waals surface area (Å²) in [6.45, 7) is 3.58. The lowest BCUT2D eigenvalue weighted by Crippen LogP contribution is -2.07. The van der Waals surface area contributed by atoms with Gasteiger partial charge in [-0.05, 0) is 18.1 Å². The van der Waals surface area contributed by atoms with Gasteiger partial charge in [-0.15, -0.1) is 0 Å². The van der Waals surface area contributed by atoms with Crippen LogP contribution in [0.15, 0.2) is 22.8 Å². The lowest BCUT2D eigenvalue weighted by atomic mass is 10.1. The number of furan rings is 1. The van der Waals surface area contributed by atoms with E-state index in [0.29, 0.717) is 5.69 Å². The van der Waals surface area contributed by atoms with E-state index in [2.05, 4.69) is 4.98 Å². The summed E-state index contributed by atoms with van der Waals surface area (Å²) in [7, 11) is 0. The second kappa shape index (κ2) is 3.50. The van der Waals surface area contributed by atoms with E-state index in [4.69, 9.17) is 4.42 Å². The molecule has 5 heteroatoms. The Morgan fingerprint density at radius 1 is 1.31 bits per heavy atom. The predicted molar refractivity (Wildman–Crippen MR) is 53.1 cm³/mol. The van der Waals surface area contributed by atoms with Crippen LogP contribution in [0.2, 0.25) is 0 Å². The molecule has 0 atom stereocenters. The SMILES string of the molecule is CC(C)c1cc(C(F)(F)F)c2ccoc2n1. The van der Waals surface area contributed by atoms with Gasteiger partial charge in [0.1, 0.15) is 0 Å². The van der Waals surface area contributed by atoms with E-state index in [1.807, 2.05) is 0 Å². The highest BCUT2D eigenvalue weighted by molar-refractivity contribution is 5.78. The molecule has 0 amide bonds. The summed E-state index contributed by atoms with van der Waals surface area (Å²) in [6, 6.07) is 2.37. The summed E-state index contributed by atoms with van der Waals surface area (Å²) < 4.78 is 43.2. The van der Waals surface area contributed by atoms with Crippen LogP contribution in [0.25, 0.3) is 11.1 Å². The van der Waals surface area contributed by atoms with E-state index in [1.165, 1.54) is 12.3 Å². The fourth-order valence-electron chi connectivity index (χ4n) is 1.50. The Hall–Kier alpha value is -1.52. The number of fused-ring (bicyclic) bond motifs is 1. The molecule has 2 heterocycles. The Morgan fingerprint density at radius 3 is 2.56 bits per heavy atom. The Labute approximate surface area is 90.1 Å². The van der Waals surface area contributed by atoms with Gasteiger partial charge in [0.05, 0.1) is 17.2 Å². The van der Waals surface area contributed by atoms with Crippen molar-refractivity contribution in [2.75, 3.05) is 0 Å². The number of nitrogens with zero attached hydrogens (tertiary/aromatic N) is 1. The molecule has 2 aromatic heterocycles. The number of pyridine rings is 1. The monoisotopic (exact) mass is 229 g/mol. The largest absolute Gasteiger partial charge is 0.446 e. The number of hydrogen-bond acceptors (Lipinski definition) is 2. The van der Waals surface area contributed by atoms with Crippen LogP contribution in [0.1, 0.15) is 31.0 Å². The average Bonchev–Trinajstić information content (AvgIpc) is 2.61. The van der Waals surface area contributed by atoms with Crippen LogP contribution in [0.3, 0.4) is 0 Å². The summed E-state index contributed by atoms with van der Waals surface area (Å²) in [5.41, 5.74) is -0.261. The third-order valence-corrected chi connectivity index (χ3v) is 2.35. The van der Waals surface area contributed by atoms with E-state index in [-0.39, 0.29) is 17.0 Å². The minimum Gasteiger partial charge on any atom is -0.446 e. The third-order valence-electron chi connectivity index (χ3n) is 2.35. The van der Waals surface area contributed by atoms with Gasteiger partial charge in [-0.2, -0.15) is 13.2 Å². The molecule has 86 valence electrons. The standard InChI is InChI=1S/C11H10F3NO/c1-6(2)9-5-8(11(12,13)14)7-3-4-16-10(7)15-9/h3-6H,1-2H3. The zero-order valence-electron chi connectivity index (χ0n) is 8.80. The number of alkyl halides is 3. The van der Waals surface area contributed by atoms with Gasteiger partial charge in [0.25, 0.3) is 0 Å². The Balaban J connectivity index is 2.74. The second-order valence-electron chi connectivity index (χ2n) is 3.89. The molecule has 16 heavy (non-hydrogen) atoms. The molecular weight excluding hydrogens is 219 g/mol. The van der Waals surface area contributed by atoms with Gasteiger partial charge in [-0.1, -0.05) is 13.8 Å². The van der Waals surface area contributed by atoms with E-state index in [0.717, 1.165) is 6.07 Å². The predicted octanol–water partition coefficient (Wildman–Crippen LogP) is 3.97. The quantitative estimate of drug-likeness (QED) is 0.739. The number of hydrogen-bond donors (Lipinski definition) is 0. The topological polar surface area (TPSA) is 26.0 Å². The van der Waals surface area contributed by atoms with Crippen LogP contribution in [-0.4, -0.2) is 4.98 Å². The maximum Gasteiger partial charge on any atom is 0.417 e. The second-order valence-corrected chi connectivity index (χ2v) is 3.89. The molecule has 0 saturated heterocycles. The molecule has 0 radical (unpaired) electrons. The maximum absolute atomic E-state index is 12.8. The van der Waals surface area contributed by atoms with Gasteiger partial charge in [0.15, 0.2) is 0 Å².